The van der Waals surface area contributed by atoms with Gasteiger partial charge in [-0.2, -0.15) is 0 Å². The van der Waals surface area contributed by atoms with Gasteiger partial charge < -0.3 is 25.0 Å². The molecule has 0 aliphatic carbocycles. The fraction of sp³-hybridized carbons (Fsp3) is 0.625. The summed E-state index contributed by atoms with van der Waals surface area (Å²) in [7, 11) is 0. The van der Waals surface area contributed by atoms with Gasteiger partial charge in [-0.1, -0.05) is 6.07 Å². The third-order valence-electron chi connectivity index (χ3n) is 5.41. The highest BCUT2D eigenvalue weighted by atomic mass is 16.6. The standard InChI is InChI=1S/C24H37N3O5/c1-17-6-7-20(14-18(17)2)31-16-21(28)26-15-19-9-12-27(13-10-19)22(29)8-11-25-23(30)32-24(3,4)5/h6-7,14,19H,8-13,15-16H2,1-5H3,(H,25,30)(H,26,28). The van der Waals surface area contributed by atoms with Crippen LogP contribution in [-0.4, -0.2) is 61.2 Å². The van der Waals surface area contributed by atoms with Gasteiger partial charge in [0, 0.05) is 32.6 Å². The maximum absolute atomic E-state index is 12.3. The van der Waals surface area contributed by atoms with Crippen molar-refractivity contribution in [3.8, 4) is 5.75 Å². The fourth-order valence-corrected chi connectivity index (χ4v) is 3.39. The van der Waals surface area contributed by atoms with Gasteiger partial charge in [-0.15, -0.1) is 0 Å². The number of alkyl carbamates (subject to hydrolysis) is 1. The number of ether oxygens (including phenoxy) is 2. The summed E-state index contributed by atoms with van der Waals surface area (Å²) in [5, 5.41) is 5.54. The van der Waals surface area contributed by atoms with E-state index < -0.39 is 11.7 Å². The zero-order chi connectivity index (χ0) is 23.7. The molecule has 8 heteroatoms. The Bertz CT molecular complexity index is 795. The molecular weight excluding hydrogens is 410 g/mol. The Morgan fingerprint density at radius 2 is 1.75 bits per heavy atom. The van der Waals surface area contributed by atoms with E-state index in [-0.39, 0.29) is 31.4 Å². The van der Waals surface area contributed by atoms with Crippen molar-refractivity contribution in [2.75, 3.05) is 32.8 Å². The Hall–Kier alpha value is -2.77. The van der Waals surface area contributed by atoms with Crippen LogP contribution in [0.1, 0.15) is 51.2 Å². The molecule has 1 fully saturated rings. The molecule has 32 heavy (non-hydrogen) atoms. The Morgan fingerprint density at radius 1 is 1.06 bits per heavy atom. The maximum atomic E-state index is 12.3. The minimum atomic E-state index is -0.558. The number of likely N-dealkylation sites (tertiary alicyclic amines) is 1. The van der Waals surface area contributed by atoms with Gasteiger partial charge in [-0.3, -0.25) is 9.59 Å². The number of aryl methyl sites for hydroxylation is 2. The van der Waals surface area contributed by atoms with Gasteiger partial charge in [0.1, 0.15) is 11.4 Å². The molecule has 8 nitrogen and oxygen atoms in total. The molecule has 1 aliphatic rings. The fourth-order valence-electron chi connectivity index (χ4n) is 3.39. The van der Waals surface area contributed by atoms with Gasteiger partial charge in [0.25, 0.3) is 5.91 Å². The first-order valence-corrected chi connectivity index (χ1v) is 11.2. The lowest BCUT2D eigenvalue weighted by atomic mass is 9.96. The van der Waals surface area contributed by atoms with Crippen molar-refractivity contribution >= 4 is 17.9 Å². The van der Waals surface area contributed by atoms with Crippen molar-refractivity contribution < 1.29 is 23.9 Å². The van der Waals surface area contributed by atoms with E-state index in [2.05, 4.69) is 10.6 Å². The van der Waals surface area contributed by atoms with Crippen LogP contribution in [0.25, 0.3) is 0 Å². The first-order chi connectivity index (χ1) is 15.0. The molecule has 1 aliphatic heterocycles. The number of carbonyl (C=O) groups is 3. The second-order valence-electron chi connectivity index (χ2n) is 9.34. The second kappa shape index (κ2) is 11.7. The predicted molar refractivity (Wildman–Crippen MR) is 123 cm³/mol. The number of hydrogen-bond acceptors (Lipinski definition) is 5. The molecule has 1 aromatic rings. The van der Waals surface area contributed by atoms with Crippen molar-refractivity contribution in [2.24, 2.45) is 5.92 Å². The Labute approximate surface area is 191 Å². The van der Waals surface area contributed by atoms with Crippen LogP contribution >= 0.6 is 0 Å². The molecule has 0 radical (unpaired) electrons. The third kappa shape index (κ3) is 9.16. The number of piperidine rings is 1. The summed E-state index contributed by atoms with van der Waals surface area (Å²) >= 11 is 0. The summed E-state index contributed by atoms with van der Waals surface area (Å²) in [6, 6.07) is 5.77. The molecule has 0 unspecified atom stereocenters. The molecule has 0 saturated carbocycles. The highest BCUT2D eigenvalue weighted by Gasteiger charge is 2.23. The largest absolute Gasteiger partial charge is 0.484 e. The minimum absolute atomic E-state index is 0.00944. The SMILES string of the molecule is Cc1ccc(OCC(=O)NCC2CCN(C(=O)CCNC(=O)OC(C)(C)C)CC2)cc1C. The maximum Gasteiger partial charge on any atom is 0.407 e. The average Bonchev–Trinajstić information content (AvgIpc) is 2.72. The number of nitrogens with zero attached hydrogens (tertiary/aromatic N) is 1. The number of rotatable bonds is 8. The first kappa shape index (κ1) is 25.5. The molecule has 0 aromatic heterocycles. The highest BCUT2D eigenvalue weighted by Crippen LogP contribution is 2.18. The van der Waals surface area contributed by atoms with Crippen LogP contribution in [0, 0.1) is 19.8 Å². The lowest BCUT2D eigenvalue weighted by molar-refractivity contribution is -0.132. The smallest absolute Gasteiger partial charge is 0.407 e. The Balaban J connectivity index is 1.60. The van der Waals surface area contributed by atoms with Crippen molar-refractivity contribution in [3.05, 3.63) is 29.3 Å². The van der Waals surface area contributed by atoms with Gasteiger partial charge in [0.15, 0.2) is 6.61 Å². The van der Waals surface area contributed by atoms with E-state index in [1.165, 1.54) is 5.56 Å². The van der Waals surface area contributed by atoms with E-state index >= 15 is 0 Å². The zero-order valence-corrected chi connectivity index (χ0v) is 20.0. The van der Waals surface area contributed by atoms with E-state index in [0.717, 1.165) is 18.4 Å². The molecule has 1 saturated heterocycles. The van der Waals surface area contributed by atoms with E-state index in [4.69, 9.17) is 9.47 Å². The number of carbonyl (C=O) groups excluding carboxylic acids is 3. The number of hydrogen-bond donors (Lipinski definition) is 2. The quantitative estimate of drug-likeness (QED) is 0.639. The zero-order valence-electron chi connectivity index (χ0n) is 20.0. The number of amides is 3. The second-order valence-corrected chi connectivity index (χ2v) is 9.34. The Kier molecular flexibility index (Phi) is 9.35. The average molecular weight is 448 g/mol. The summed E-state index contributed by atoms with van der Waals surface area (Å²) < 4.78 is 10.7. The molecule has 2 N–H and O–H groups in total. The van der Waals surface area contributed by atoms with Gasteiger partial charge in [0.05, 0.1) is 0 Å². The van der Waals surface area contributed by atoms with Crippen molar-refractivity contribution in [1.29, 1.82) is 0 Å². The Morgan fingerprint density at radius 3 is 2.38 bits per heavy atom. The lowest BCUT2D eigenvalue weighted by Crippen LogP contribution is -2.43. The molecule has 178 valence electrons. The van der Waals surface area contributed by atoms with Crippen LogP contribution in [0.2, 0.25) is 0 Å². The van der Waals surface area contributed by atoms with Gasteiger partial charge in [-0.25, -0.2) is 4.79 Å². The van der Waals surface area contributed by atoms with Crippen LogP contribution in [0.15, 0.2) is 18.2 Å². The van der Waals surface area contributed by atoms with E-state index in [9.17, 15) is 14.4 Å². The topological polar surface area (TPSA) is 97.0 Å². The van der Waals surface area contributed by atoms with Crippen LogP contribution in [0.4, 0.5) is 4.79 Å². The van der Waals surface area contributed by atoms with Crippen LogP contribution in [-0.2, 0) is 14.3 Å². The summed E-state index contributed by atoms with van der Waals surface area (Å²) in [5.41, 5.74) is 1.76. The van der Waals surface area contributed by atoms with Crippen molar-refractivity contribution in [3.63, 3.8) is 0 Å². The van der Waals surface area contributed by atoms with Crippen LogP contribution in [0.3, 0.4) is 0 Å². The molecule has 1 heterocycles. The molecular formula is C24H37N3O5. The monoisotopic (exact) mass is 447 g/mol. The molecule has 0 spiro atoms. The highest BCUT2D eigenvalue weighted by molar-refractivity contribution is 5.78. The predicted octanol–water partition coefficient (Wildman–Crippen LogP) is 2.95. The minimum Gasteiger partial charge on any atom is -0.484 e. The summed E-state index contributed by atoms with van der Waals surface area (Å²) in [6.07, 6.45) is 1.41. The summed E-state index contributed by atoms with van der Waals surface area (Å²) in [5.74, 6) is 0.904. The van der Waals surface area contributed by atoms with Gasteiger partial charge >= 0.3 is 6.09 Å². The molecule has 2 rings (SSSR count). The molecule has 0 atom stereocenters. The number of nitrogens with one attached hydrogen (secondary N) is 2. The van der Waals surface area contributed by atoms with E-state index in [1.807, 2.05) is 36.9 Å². The lowest BCUT2D eigenvalue weighted by Gasteiger charge is -2.32. The van der Waals surface area contributed by atoms with Crippen LogP contribution < -0.4 is 15.4 Å². The third-order valence-corrected chi connectivity index (χ3v) is 5.41. The van der Waals surface area contributed by atoms with Crippen molar-refractivity contribution in [1.82, 2.24) is 15.5 Å². The summed E-state index contributed by atoms with van der Waals surface area (Å²) in [4.78, 5) is 37.9. The van der Waals surface area contributed by atoms with Gasteiger partial charge in [0.2, 0.25) is 5.91 Å². The van der Waals surface area contributed by atoms with Gasteiger partial charge in [-0.05, 0) is 76.6 Å². The normalized spacial score (nSPS) is 14.6. The first-order valence-electron chi connectivity index (χ1n) is 11.2. The molecule has 0 bridgehead atoms. The van der Waals surface area contributed by atoms with Crippen LogP contribution in [0.5, 0.6) is 5.75 Å². The molecule has 3 amide bonds. The van der Waals surface area contributed by atoms with E-state index in [1.54, 1.807) is 20.8 Å². The van der Waals surface area contributed by atoms with E-state index in [0.29, 0.717) is 31.3 Å². The molecule has 1 aromatic carbocycles. The summed E-state index contributed by atoms with van der Waals surface area (Å²) in [6.45, 7) is 11.6. The number of benzene rings is 1. The van der Waals surface area contributed by atoms with Crippen molar-refractivity contribution in [2.45, 2.75) is 59.5 Å².